The molecule has 0 radical (unpaired) electrons. The molecule has 0 N–H and O–H groups in total. The summed E-state index contributed by atoms with van der Waals surface area (Å²) in [5, 5.41) is 6.48. The largest absolute Gasteiger partial charge is 0.272 e. The SMILES string of the molecule is Cn1nc(CN(C2CCCC2)S(=O)(=O)c2cccc3ccccc23)c2c1CCC2. The van der Waals surface area contributed by atoms with Gasteiger partial charge in [-0.05, 0) is 49.1 Å². The molecule has 5 rings (SSSR count). The highest BCUT2D eigenvalue weighted by molar-refractivity contribution is 7.89. The smallest absolute Gasteiger partial charge is 0.244 e. The summed E-state index contributed by atoms with van der Waals surface area (Å²) in [5.41, 5.74) is 3.48. The van der Waals surface area contributed by atoms with Gasteiger partial charge in [-0.25, -0.2) is 8.42 Å². The maximum absolute atomic E-state index is 13.9. The Balaban J connectivity index is 1.60. The molecule has 0 unspecified atom stereocenters. The van der Waals surface area contributed by atoms with E-state index in [-0.39, 0.29) is 6.04 Å². The summed E-state index contributed by atoms with van der Waals surface area (Å²) in [7, 11) is -1.65. The van der Waals surface area contributed by atoms with Crippen LogP contribution in [0.4, 0.5) is 0 Å². The van der Waals surface area contributed by atoms with Gasteiger partial charge in [0.25, 0.3) is 0 Å². The molecule has 0 aliphatic heterocycles. The first-order chi connectivity index (χ1) is 14.1. The molecule has 0 saturated heterocycles. The lowest BCUT2D eigenvalue weighted by Crippen LogP contribution is -2.38. The van der Waals surface area contributed by atoms with Gasteiger partial charge in [0.15, 0.2) is 0 Å². The van der Waals surface area contributed by atoms with E-state index in [0.717, 1.165) is 61.4 Å². The predicted molar refractivity (Wildman–Crippen MR) is 114 cm³/mol. The number of hydrogen-bond donors (Lipinski definition) is 0. The van der Waals surface area contributed by atoms with Crippen LogP contribution in [0.25, 0.3) is 10.8 Å². The van der Waals surface area contributed by atoms with Gasteiger partial charge in [0.2, 0.25) is 10.0 Å². The third-order valence-electron chi connectivity index (χ3n) is 6.57. The Labute approximate surface area is 172 Å². The average Bonchev–Trinajstić information content (AvgIpc) is 3.46. The molecular formula is C23H27N3O2S. The molecule has 2 aliphatic rings. The van der Waals surface area contributed by atoms with Crippen molar-refractivity contribution in [1.29, 1.82) is 0 Å². The number of hydrogen-bond acceptors (Lipinski definition) is 3. The molecule has 1 fully saturated rings. The Kier molecular flexibility index (Phi) is 4.71. The van der Waals surface area contributed by atoms with E-state index in [0.29, 0.717) is 11.4 Å². The second-order valence-corrected chi connectivity index (χ2v) is 10.2. The first kappa shape index (κ1) is 18.8. The van der Waals surface area contributed by atoms with E-state index in [1.807, 2.05) is 48.1 Å². The van der Waals surface area contributed by atoms with Gasteiger partial charge in [0, 0.05) is 24.2 Å². The highest BCUT2D eigenvalue weighted by Crippen LogP contribution is 2.34. The first-order valence-electron chi connectivity index (χ1n) is 10.6. The van der Waals surface area contributed by atoms with Gasteiger partial charge in [-0.1, -0.05) is 49.2 Å². The third kappa shape index (κ3) is 3.19. The van der Waals surface area contributed by atoms with Crippen molar-refractivity contribution in [2.24, 2.45) is 7.05 Å². The Morgan fingerprint density at radius 1 is 1.03 bits per heavy atom. The fraction of sp³-hybridized carbons (Fsp3) is 0.435. The van der Waals surface area contributed by atoms with E-state index < -0.39 is 10.0 Å². The highest BCUT2D eigenvalue weighted by atomic mass is 32.2. The molecule has 1 aromatic heterocycles. The van der Waals surface area contributed by atoms with Crippen LogP contribution in [0, 0.1) is 0 Å². The molecule has 3 aromatic rings. The van der Waals surface area contributed by atoms with Crippen molar-refractivity contribution in [3.8, 4) is 0 Å². The van der Waals surface area contributed by atoms with Crippen molar-refractivity contribution in [2.75, 3.05) is 0 Å². The van der Waals surface area contributed by atoms with Crippen molar-refractivity contribution < 1.29 is 8.42 Å². The molecule has 0 amide bonds. The van der Waals surface area contributed by atoms with Gasteiger partial charge in [-0.3, -0.25) is 4.68 Å². The Morgan fingerprint density at radius 3 is 2.62 bits per heavy atom. The minimum atomic E-state index is -3.63. The standard InChI is InChI=1S/C23H27N3O2S/c1-25-22-14-7-13-20(22)21(24-25)16-26(18-10-3-4-11-18)29(27,28)23-15-6-9-17-8-2-5-12-19(17)23/h2,5-6,8-9,12,15,18H,3-4,7,10-11,13-14,16H2,1H3. The topological polar surface area (TPSA) is 55.2 Å². The fourth-order valence-corrected chi connectivity index (χ4v) is 6.98. The molecule has 1 heterocycles. The van der Waals surface area contributed by atoms with Crippen molar-refractivity contribution in [1.82, 2.24) is 14.1 Å². The maximum atomic E-state index is 13.9. The Morgan fingerprint density at radius 2 is 1.79 bits per heavy atom. The van der Waals surface area contributed by atoms with E-state index in [1.54, 1.807) is 10.4 Å². The number of nitrogens with zero attached hydrogens (tertiary/aromatic N) is 3. The van der Waals surface area contributed by atoms with E-state index in [2.05, 4.69) is 0 Å². The second kappa shape index (κ2) is 7.26. The summed E-state index contributed by atoms with van der Waals surface area (Å²) in [6.45, 7) is 0.374. The normalized spacial score (nSPS) is 17.4. The van der Waals surface area contributed by atoms with Crippen molar-refractivity contribution >= 4 is 20.8 Å². The minimum absolute atomic E-state index is 0.0537. The molecule has 29 heavy (non-hydrogen) atoms. The van der Waals surface area contributed by atoms with Crippen LogP contribution in [0.3, 0.4) is 0 Å². The van der Waals surface area contributed by atoms with Crippen LogP contribution in [0.5, 0.6) is 0 Å². The lowest BCUT2D eigenvalue weighted by atomic mass is 10.1. The molecule has 0 spiro atoms. The lowest BCUT2D eigenvalue weighted by Gasteiger charge is -2.28. The van der Waals surface area contributed by atoms with Crippen molar-refractivity contribution in [3.05, 3.63) is 59.4 Å². The zero-order chi connectivity index (χ0) is 20.0. The summed E-state index contributed by atoms with van der Waals surface area (Å²) in [4.78, 5) is 0.412. The zero-order valence-electron chi connectivity index (χ0n) is 16.8. The van der Waals surface area contributed by atoms with Crippen LogP contribution in [-0.2, 0) is 36.5 Å². The Bertz CT molecular complexity index is 1150. The average molecular weight is 410 g/mol. The van der Waals surface area contributed by atoms with Crippen LogP contribution >= 0.6 is 0 Å². The minimum Gasteiger partial charge on any atom is -0.272 e. The molecular weight excluding hydrogens is 382 g/mol. The summed E-state index contributed by atoms with van der Waals surface area (Å²) in [5.74, 6) is 0. The van der Waals surface area contributed by atoms with E-state index in [9.17, 15) is 8.42 Å². The van der Waals surface area contributed by atoms with E-state index in [4.69, 9.17) is 5.10 Å². The molecule has 2 aliphatic carbocycles. The van der Waals surface area contributed by atoms with E-state index >= 15 is 0 Å². The summed E-state index contributed by atoms with van der Waals surface area (Å²) in [6, 6.07) is 13.4. The predicted octanol–water partition coefficient (Wildman–Crippen LogP) is 4.20. The fourth-order valence-electron chi connectivity index (χ4n) is 5.12. The number of fused-ring (bicyclic) bond motifs is 2. The third-order valence-corrected chi connectivity index (χ3v) is 8.53. The van der Waals surface area contributed by atoms with Gasteiger partial charge in [-0.15, -0.1) is 0 Å². The second-order valence-electron chi connectivity index (χ2n) is 8.31. The molecule has 5 nitrogen and oxygen atoms in total. The maximum Gasteiger partial charge on any atom is 0.244 e. The quantitative estimate of drug-likeness (QED) is 0.635. The zero-order valence-corrected chi connectivity index (χ0v) is 17.7. The number of rotatable bonds is 5. The lowest BCUT2D eigenvalue weighted by molar-refractivity contribution is 0.312. The molecule has 152 valence electrons. The van der Waals surface area contributed by atoms with Gasteiger partial charge in [0.1, 0.15) is 0 Å². The molecule has 0 atom stereocenters. The van der Waals surface area contributed by atoms with Crippen LogP contribution < -0.4 is 0 Å². The van der Waals surface area contributed by atoms with Crippen molar-refractivity contribution in [2.45, 2.75) is 62.4 Å². The Hall–Kier alpha value is -2.18. The monoisotopic (exact) mass is 409 g/mol. The van der Waals surface area contributed by atoms with Crippen LogP contribution in [0.15, 0.2) is 47.4 Å². The first-order valence-corrected chi connectivity index (χ1v) is 12.0. The van der Waals surface area contributed by atoms with Gasteiger partial charge >= 0.3 is 0 Å². The number of aryl methyl sites for hydroxylation is 1. The number of sulfonamides is 1. The summed E-state index contributed by atoms with van der Waals surface area (Å²) < 4.78 is 31.6. The molecule has 2 aromatic carbocycles. The van der Waals surface area contributed by atoms with Gasteiger partial charge in [0.05, 0.1) is 17.1 Å². The van der Waals surface area contributed by atoms with Gasteiger partial charge < -0.3 is 0 Å². The van der Waals surface area contributed by atoms with Crippen LogP contribution in [0.1, 0.15) is 49.1 Å². The molecule has 1 saturated carbocycles. The summed E-state index contributed by atoms with van der Waals surface area (Å²) in [6.07, 6.45) is 7.22. The van der Waals surface area contributed by atoms with E-state index in [1.165, 1.54) is 11.3 Å². The van der Waals surface area contributed by atoms with Crippen molar-refractivity contribution in [3.63, 3.8) is 0 Å². The summed E-state index contributed by atoms with van der Waals surface area (Å²) >= 11 is 0. The van der Waals surface area contributed by atoms with Gasteiger partial charge in [-0.2, -0.15) is 9.40 Å². The van der Waals surface area contributed by atoms with Crippen LogP contribution in [0.2, 0.25) is 0 Å². The molecule has 6 heteroatoms. The molecule has 0 bridgehead atoms. The van der Waals surface area contributed by atoms with Crippen LogP contribution in [-0.4, -0.2) is 28.5 Å². The number of aromatic nitrogens is 2. The number of benzene rings is 2. The highest BCUT2D eigenvalue weighted by Gasteiger charge is 2.36.